The first kappa shape index (κ1) is 25.7. The van der Waals surface area contributed by atoms with E-state index in [1.54, 1.807) is 0 Å². The number of hydrogen-bond acceptors (Lipinski definition) is 3. The van der Waals surface area contributed by atoms with Gasteiger partial charge in [0.15, 0.2) is 0 Å². The number of H-pyrrole nitrogens is 1. The summed E-state index contributed by atoms with van der Waals surface area (Å²) in [6.45, 7) is 9.89. The van der Waals surface area contributed by atoms with E-state index in [1.165, 1.54) is 10.9 Å². The molecule has 188 valence electrons. The first-order valence-corrected chi connectivity index (χ1v) is 13.5. The minimum atomic E-state index is 0.213. The molecule has 0 saturated carbocycles. The Bertz CT molecular complexity index is 1070. The molecule has 1 saturated heterocycles. The summed E-state index contributed by atoms with van der Waals surface area (Å²) >= 11 is 6.19. The van der Waals surface area contributed by atoms with Gasteiger partial charge in [0.25, 0.3) is 0 Å². The van der Waals surface area contributed by atoms with E-state index in [9.17, 15) is 4.79 Å². The van der Waals surface area contributed by atoms with Crippen molar-refractivity contribution in [2.75, 3.05) is 44.2 Å². The van der Waals surface area contributed by atoms with Crippen molar-refractivity contribution in [2.24, 2.45) is 0 Å². The molecule has 1 aromatic heterocycles. The monoisotopic (exact) mass is 494 g/mol. The third kappa shape index (κ3) is 6.87. The van der Waals surface area contributed by atoms with E-state index in [-0.39, 0.29) is 11.9 Å². The van der Waals surface area contributed by atoms with Crippen molar-refractivity contribution in [3.8, 4) is 0 Å². The van der Waals surface area contributed by atoms with Gasteiger partial charge in [-0.3, -0.25) is 9.69 Å². The molecule has 1 N–H and O–H groups in total. The first-order valence-electron chi connectivity index (χ1n) is 13.1. The topological polar surface area (TPSA) is 42.6 Å². The summed E-state index contributed by atoms with van der Waals surface area (Å²) in [5, 5.41) is 2.02. The van der Waals surface area contributed by atoms with Crippen LogP contribution in [0.25, 0.3) is 10.9 Å². The second-order valence-corrected chi connectivity index (χ2v) is 10.3. The van der Waals surface area contributed by atoms with Crippen LogP contribution in [0, 0.1) is 0 Å². The highest BCUT2D eigenvalue weighted by Crippen LogP contribution is 2.24. The number of amides is 1. The van der Waals surface area contributed by atoms with Gasteiger partial charge in [-0.15, -0.1) is 0 Å². The summed E-state index contributed by atoms with van der Waals surface area (Å²) in [7, 11) is 0. The van der Waals surface area contributed by atoms with Gasteiger partial charge < -0.3 is 14.8 Å². The number of carbonyl (C=O) groups excluding carboxylic acids is 1. The number of fused-ring (bicyclic) bond motifs is 1. The number of aromatic amines is 1. The van der Waals surface area contributed by atoms with Crippen LogP contribution in [0.1, 0.15) is 45.1 Å². The summed E-state index contributed by atoms with van der Waals surface area (Å²) in [6, 6.07) is 16.4. The molecule has 1 amide bonds. The number of hydrogen-bond donors (Lipinski definition) is 1. The number of benzene rings is 2. The maximum atomic E-state index is 13.4. The molecule has 4 rings (SSSR count). The van der Waals surface area contributed by atoms with Crippen LogP contribution < -0.4 is 4.90 Å². The summed E-state index contributed by atoms with van der Waals surface area (Å²) in [4.78, 5) is 23.6. The van der Waals surface area contributed by atoms with Crippen molar-refractivity contribution >= 4 is 34.1 Å². The molecule has 0 aliphatic carbocycles. The smallest absolute Gasteiger partial charge is 0.241 e. The average molecular weight is 495 g/mol. The number of unbranched alkanes of at least 4 members (excludes halogenated alkanes) is 1. The molecular weight excluding hydrogens is 456 g/mol. The van der Waals surface area contributed by atoms with Gasteiger partial charge in [-0.2, -0.15) is 0 Å². The number of halogens is 1. The van der Waals surface area contributed by atoms with Gasteiger partial charge in [0, 0.05) is 60.0 Å². The maximum absolute atomic E-state index is 13.4. The number of piperazine rings is 1. The Morgan fingerprint density at radius 3 is 2.54 bits per heavy atom. The van der Waals surface area contributed by atoms with E-state index in [1.807, 2.05) is 35.2 Å². The Labute approximate surface area is 215 Å². The van der Waals surface area contributed by atoms with Crippen LogP contribution in [0.15, 0.2) is 54.7 Å². The second kappa shape index (κ2) is 12.6. The van der Waals surface area contributed by atoms with Gasteiger partial charge in [-0.1, -0.05) is 49.6 Å². The van der Waals surface area contributed by atoms with Crippen molar-refractivity contribution in [2.45, 2.75) is 52.0 Å². The number of aryl methyl sites for hydroxylation is 1. The molecule has 1 atom stereocenters. The number of aromatic nitrogens is 1. The molecular formula is C29H39ClN4O. The van der Waals surface area contributed by atoms with Crippen LogP contribution in [-0.4, -0.2) is 66.0 Å². The molecule has 0 bridgehead atoms. The normalized spacial score (nSPS) is 16.0. The van der Waals surface area contributed by atoms with E-state index in [0.29, 0.717) is 6.54 Å². The zero-order valence-corrected chi connectivity index (χ0v) is 21.9. The zero-order chi connectivity index (χ0) is 24.6. The summed E-state index contributed by atoms with van der Waals surface area (Å²) in [5.74, 6) is 0.214. The third-order valence-electron chi connectivity index (χ3n) is 7.19. The fraction of sp³-hybridized carbons (Fsp3) is 0.483. The Morgan fingerprint density at radius 1 is 1.06 bits per heavy atom. The van der Waals surface area contributed by atoms with Crippen molar-refractivity contribution in [3.63, 3.8) is 0 Å². The lowest BCUT2D eigenvalue weighted by molar-refractivity contribution is -0.120. The maximum Gasteiger partial charge on any atom is 0.241 e. The number of rotatable bonds is 11. The lowest BCUT2D eigenvalue weighted by Crippen LogP contribution is -2.51. The van der Waals surface area contributed by atoms with E-state index in [4.69, 9.17) is 11.6 Å². The van der Waals surface area contributed by atoms with E-state index in [2.05, 4.69) is 53.0 Å². The minimum absolute atomic E-state index is 0.213. The molecule has 1 aliphatic heterocycles. The van der Waals surface area contributed by atoms with Crippen molar-refractivity contribution in [3.05, 3.63) is 65.3 Å². The van der Waals surface area contributed by atoms with Crippen LogP contribution in [0.4, 0.5) is 5.69 Å². The van der Waals surface area contributed by atoms with Gasteiger partial charge in [-0.25, -0.2) is 0 Å². The number of nitrogens with zero attached hydrogens (tertiary/aromatic N) is 3. The minimum Gasteiger partial charge on any atom is -0.361 e. The molecule has 5 nitrogen and oxygen atoms in total. The third-order valence-corrected chi connectivity index (χ3v) is 7.43. The van der Waals surface area contributed by atoms with Crippen molar-refractivity contribution in [1.29, 1.82) is 0 Å². The predicted octanol–water partition coefficient (Wildman–Crippen LogP) is 5.98. The van der Waals surface area contributed by atoms with Crippen molar-refractivity contribution in [1.82, 2.24) is 14.8 Å². The fourth-order valence-electron chi connectivity index (χ4n) is 5.15. The Hall–Kier alpha value is -2.34. The average Bonchev–Trinajstić information content (AvgIpc) is 3.26. The van der Waals surface area contributed by atoms with Gasteiger partial charge in [-0.05, 0) is 68.6 Å². The van der Waals surface area contributed by atoms with E-state index >= 15 is 0 Å². The van der Waals surface area contributed by atoms with Gasteiger partial charge in [0.2, 0.25) is 5.91 Å². The second-order valence-electron chi connectivity index (χ2n) is 9.82. The van der Waals surface area contributed by atoms with Crippen molar-refractivity contribution < 1.29 is 4.79 Å². The standard InChI is InChI=1S/C29H39ClN4O/c1-3-4-9-23(2)34(26-11-6-5-7-12-26)29(35)22-33-18-16-32(17-19-33)15-8-10-24-21-31-28-14-13-25(30)20-27(24)28/h5-7,11-14,20-21,23,31H,3-4,8-10,15-19,22H2,1-2H3. The number of para-hydroxylation sites is 1. The van der Waals surface area contributed by atoms with E-state index in [0.717, 1.165) is 81.1 Å². The van der Waals surface area contributed by atoms with E-state index < -0.39 is 0 Å². The summed E-state index contributed by atoms with van der Waals surface area (Å²) in [6.07, 6.45) is 7.60. The lowest BCUT2D eigenvalue weighted by atomic mass is 10.1. The molecule has 6 heteroatoms. The summed E-state index contributed by atoms with van der Waals surface area (Å²) < 4.78 is 0. The molecule has 1 unspecified atom stereocenters. The predicted molar refractivity (Wildman–Crippen MR) is 147 cm³/mol. The molecule has 1 aliphatic rings. The molecule has 1 fully saturated rings. The van der Waals surface area contributed by atoms with Crippen LogP contribution in [0.5, 0.6) is 0 Å². The highest BCUT2D eigenvalue weighted by Gasteiger charge is 2.25. The molecule has 2 heterocycles. The molecule has 2 aromatic carbocycles. The number of anilines is 1. The Kier molecular flexibility index (Phi) is 9.25. The highest BCUT2D eigenvalue weighted by molar-refractivity contribution is 6.31. The first-order chi connectivity index (χ1) is 17.0. The highest BCUT2D eigenvalue weighted by atomic mass is 35.5. The van der Waals surface area contributed by atoms with Gasteiger partial charge >= 0.3 is 0 Å². The van der Waals surface area contributed by atoms with Crippen LogP contribution >= 0.6 is 11.6 Å². The SMILES string of the molecule is CCCCC(C)N(C(=O)CN1CCN(CCCc2c[nH]c3ccc(Cl)cc23)CC1)c1ccccc1. The Balaban J connectivity index is 1.25. The van der Waals surface area contributed by atoms with Gasteiger partial charge in [0.1, 0.15) is 0 Å². The fourth-order valence-corrected chi connectivity index (χ4v) is 5.32. The molecule has 35 heavy (non-hydrogen) atoms. The van der Waals surface area contributed by atoms with Gasteiger partial charge in [0.05, 0.1) is 6.54 Å². The largest absolute Gasteiger partial charge is 0.361 e. The summed E-state index contributed by atoms with van der Waals surface area (Å²) in [5.41, 5.74) is 3.50. The molecule has 3 aromatic rings. The molecule has 0 spiro atoms. The zero-order valence-electron chi connectivity index (χ0n) is 21.2. The number of carbonyl (C=O) groups is 1. The lowest BCUT2D eigenvalue weighted by Gasteiger charge is -2.36. The molecule has 0 radical (unpaired) electrons. The van der Waals surface area contributed by atoms with Crippen LogP contribution in [0.2, 0.25) is 5.02 Å². The van der Waals surface area contributed by atoms with Crippen LogP contribution in [0.3, 0.4) is 0 Å². The van der Waals surface area contributed by atoms with Crippen LogP contribution in [-0.2, 0) is 11.2 Å². The quantitative estimate of drug-likeness (QED) is 0.356. The Morgan fingerprint density at radius 2 is 1.80 bits per heavy atom. The number of nitrogens with one attached hydrogen (secondary N) is 1.